The molecule has 12 nitrogen and oxygen atoms in total. The molecule has 0 heterocycles. The Morgan fingerprint density at radius 1 is 1.00 bits per heavy atom. The molecule has 1 aromatic carbocycles. The molecule has 0 saturated heterocycles. The summed E-state index contributed by atoms with van der Waals surface area (Å²) >= 11 is 0. The van der Waals surface area contributed by atoms with E-state index in [1.54, 1.807) is 0 Å². The number of nitrogens with two attached hydrogens (primary N) is 1. The van der Waals surface area contributed by atoms with E-state index < -0.39 is 37.6 Å². The Hall–Kier alpha value is -3.31. The second-order valence-electron chi connectivity index (χ2n) is 2.74. The van der Waals surface area contributed by atoms with Gasteiger partial charge in [-0.25, -0.2) is 0 Å². The van der Waals surface area contributed by atoms with E-state index in [9.17, 15) is 30.3 Å². The molecule has 0 fully saturated rings. The number of phenolic OH excluding ortho intramolecular Hbond substituents is 1. The first-order valence-corrected chi connectivity index (χ1v) is 4.21. The number of carbonyl (C=O) groups excluding carboxylic acids is 1. The van der Waals surface area contributed by atoms with E-state index in [4.69, 9.17) is 9.90 Å². The number of phenols is 1. The van der Waals surface area contributed by atoms with Crippen molar-refractivity contribution in [3.05, 3.63) is 42.5 Å². The molecule has 0 aliphatic carbocycles. The first-order chi connectivity index (χ1) is 8.76. The van der Waals surface area contributed by atoms with E-state index in [2.05, 4.69) is 5.73 Å². The summed E-state index contributed by atoms with van der Waals surface area (Å²) in [5.74, 6) is -1.21. The average Bonchev–Trinajstić information content (AvgIpc) is 2.29. The van der Waals surface area contributed by atoms with Crippen molar-refractivity contribution in [2.75, 3.05) is 0 Å². The molecule has 0 aliphatic rings. The fourth-order valence-corrected chi connectivity index (χ4v) is 0.974. The number of carbonyl (C=O) groups is 1. The van der Waals surface area contributed by atoms with Crippen LogP contribution in [0.3, 0.4) is 0 Å². The molecular formula is C7H6N4O8. The summed E-state index contributed by atoms with van der Waals surface area (Å²) < 4.78 is 0. The van der Waals surface area contributed by atoms with Crippen LogP contribution in [0, 0.1) is 30.3 Å². The fourth-order valence-electron chi connectivity index (χ4n) is 0.974. The third-order valence-corrected chi connectivity index (χ3v) is 1.66. The quantitative estimate of drug-likeness (QED) is 0.443. The number of benzene rings is 1. The zero-order valence-electron chi connectivity index (χ0n) is 8.96. The van der Waals surface area contributed by atoms with Gasteiger partial charge in [-0.1, -0.05) is 0 Å². The standard InChI is InChI=1S/C6H3N3O7.CH3NO/c10-6-4(8(13)14)1-3(7(11)12)2-5(6)9(15)16;2-1-3/h1-2,10H;1H,(H2,2,3). The van der Waals surface area contributed by atoms with Crippen molar-refractivity contribution in [1.29, 1.82) is 0 Å². The van der Waals surface area contributed by atoms with E-state index in [1.807, 2.05) is 0 Å². The van der Waals surface area contributed by atoms with Crippen LogP contribution in [0.1, 0.15) is 0 Å². The van der Waals surface area contributed by atoms with Gasteiger partial charge < -0.3 is 10.8 Å². The van der Waals surface area contributed by atoms with Gasteiger partial charge in [0.2, 0.25) is 6.41 Å². The van der Waals surface area contributed by atoms with Crippen LogP contribution < -0.4 is 5.73 Å². The van der Waals surface area contributed by atoms with E-state index >= 15 is 0 Å². The fraction of sp³-hybridized carbons (Fsp3) is 0. The second kappa shape index (κ2) is 6.43. The Bertz CT molecular complexity index is 507. The zero-order chi connectivity index (χ0) is 15.2. The number of non-ortho nitro benzene ring substituents is 1. The number of primary amides is 1. The van der Waals surface area contributed by atoms with Crippen molar-refractivity contribution >= 4 is 23.5 Å². The topological polar surface area (TPSA) is 193 Å². The lowest BCUT2D eigenvalue weighted by molar-refractivity contribution is -0.404. The minimum Gasteiger partial charge on any atom is -0.497 e. The summed E-state index contributed by atoms with van der Waals surface area (Å²) in [6.07, 6.45) is 0.250. The molecule has 0 saturated carbocycles. The zero-order valence-corrected chi connectivity index (χ0v) is 8.96. The Labute approximate surface area is 103 Å². The Kier molecular flexibility index (Phi) is 5.31. The minimum atomic E-state index is -1.21. The Morgan fingerprint density at radius 3 is 1.53 bits per heavy atom. The van der Waals surface area contributed by atoms with Crippen molar-refractivity contribution in [1.82, 2.24) is 0 Å². The van der Waals surface area contributed by atoms with Gasteiger partial charge in [-0.05, 0) is 0 Å². The molecule has 102 valence electrons. The molecule has 1 rings (SSSR count). The molecule has 0 atom stereocenters. The van der Waals surface area contributed by atoms with Gasteiger partial charge >= 0.3 is 11.4 Å². The monoisotopic (exact) mass is 274 g/mol. The van der Waals surface area contributed by atoms with E-state index in [0.29, 0.717) is 12.1 Å². The van der Waals surface area contributed by atoms with Crippen molar-refractivity contribution < 1.29 is 24.7 Å². The number of hydrogen-bond acceptors (Lipinski definition) is 8. The predicted molar refractivity (Wildman–Crippen MR) is 58.3 cm³/mol. The first kappa shape index (κ1) is 15.7. The maximum atomic E-state index is 10.4. The van der Waals surface area contributed by atoms with E-state index in [0.717, 1.165) is 0 Å². The van der Waals surface area contributed by atoms with Gasteiger partial charge in [-0.3, -0.25) is 35.1 Å². The van der Waals surface area contributed by atoms with Crippen LogP contribution >= 0.6 is 0 Å². The molecule has 0 unspecified atom stereocenters. The highest BCUT2D eigenvalue weighted by Crippen LogP contribution is 2.38. The van der Waals surface area contributed by atoms with Crippen molar-refractivity contribution in [2.45, 2.75) is 0 Å². The normalized spacial score (nSPS) is 8.84. The maximum Gasteiger partial charge on any atom is 0.324 e. The molecule has 1 amide bonds. The van der Waals surface area contributed by atoms with Gasteiger partial charge in [0.15, 0.2) is 0 Å². The third kappa shape index (κ3) is 3.88. The Morgan fingerprint density at radius 2 is 1.32 bits per heavy atom. The van der Waals surface area contributed by atoms with Crippen LogP contribution in [0.25, 0.3) is 0 Å². The van der Waals surface area contributed by atoms with Gasteiger partial charge in [0.25, 0.3) is 11.4 Å². The smallest absolute Gasteiger partial charge is 0.324 e. The van der Waals surface area contributed by atoms with E-state index in [1.165, 1.54) is 0 Å². The number of nitro groups is 3. The van der Waals surface area contributed by atoms with Crippen molar-refractivity contribution in [2.24, 2.45) is 5.73 Å². The maximum absolute atomic E-state index is 10.4. The molecule has 3 N–H and O–H groups in total. The number of nitrogens with zero attached hydrogens (tertiary/aromatic N) is 3. The molecular weight excluding hydrogens is 268 g/mol. The third-order valence-electron chi connectivity index (χ3n) is 1.66. The van der Waals surface area contributed by atoms with Gasteiger partial charge in [-0.15, -0.1) is 0 Å². The largest absolute Gasteiger partial charge is 0.497 e. The van der Waals surface area contributed by atoms with Crippen LogP contribution in [-0.4, -0.2) is 26.3 Å². The lowest BCUT2D eigenvalue weighted by atomic mass is 10.2. The summed E-state index contributed by atoms with van der Waals surface area (Å²) in [4.78, 5) is 36.4. The molecule has 0 bridgehead atoms. The highest BCUT2D eigenvalue weighted by atomic mass is 16.6. The van der Waals surface area contributed by atoms with Crippen molar-refractivity contribution in [3.63, 3.8) is 0 Å². The summed E-state index contributed by atoms with van der Waals surface area (Å²) in [5.41, 5.74) is 1.16. The lowest BCUT2D eigenvalue weighted by Gasteiger charge is -1.97. The van der Waals surface area contributed by atoms with Crippen LogP contribution in [0.4, 0.5) is 17.1 Å². The number of aromatic hydroxyl groups is 1. The van der Waals surface area contributed by atoms with Crippen LogP contribution in [-0.2, 0) is 4.79 Å². The number of amides is 1. The van der Waals surface area contributed by atoms with Gasteiger partial charge in [-0.2, -0.15) is 0 Å². The lowest BCUT2D eigenvalue weighted by Crippen LogP contribution is -1.97. The average molecular weight is 274 g/mol. The summed E-state index contributed by atoms with van der Waals surface area (Å²) in [6, 6.07) is 0.894. The molecule has 0 radical (unpaired) electrons. The molecule has 0 spiro atoms. The van der Waals surface area contributed by atoms with Crippen molar-refractivity contribution in [3.8, 4) is 5.75 Å². The molecule has 12 heteroatoms. The molecule has 0 aliphatic heterocycles. The first-order valence-electron chi connectivity index (χ1n) is 4.21. The summed E-state index contributed by atoms with van der Waals surface area (Å²) in [6.45, 7) is 0. The number of nitro benzene ring substituents is 3. The van der Waals surface area contributed by atoms with Gasteiger partial charge in [0.05, 0.1) is 26.9 Å². The summed E-state index contributed by atoms with van der Waals surface area (Å²) in [7, 11) is 0. The number of rotatable bonds is 3. The highest BCUT2D eigenvalue weighted by molar-refractivity contribution is 5.64. The van der Waals surface area contributed by atoms with Crippen LogP contribution in [0.5, 0.6) is 5.75 Å². The van der Waals surface area contributed by atoms with Gasteiger partial charge in [0.1, 0.15) is 0 Å². The molecule has 19 heavy (non-hydrogen) atoms. The second-order valence-corrected chi connectivity index (χ2v) is 2.74. The Balaban J connectivity index is 0.000000982. The highest BCUT2D eigenvalue weighted by Gasteiger charge is 2.29. The van der Waals surface area contributed by atoms with Crippen LogP contribution in [0.2, 0.25) is 0 Å². The van der Waals surface area contributed by atoms with E-state index in [-0.39, 0.29) is 6.41 Å². The minimum absolute atomic E-state index is 0.250. The molecule has 1 aromatic rings. The predicted octanol–water partition coefficient (Wildman–Crippen LogP) is 0.218. The molecule has 0 aromatic heterocycles. The summed E-state index contributed by atoms with van der Waals surface area (Å²) in [5, 5.41) is 40.2. The SMILES string of the molecule is NC=O.O=[N+]([O-])c1cc([N+](=O)[O-])c(O)c([N+](=O)[O-])c1. The van der Waals surface area contributed by atoms with Gasteiger partial charge in [0, 0.05) is 0 Å². The number of hydrogen-bond donors (Lipinski definition) is 2. The van der Waals surface area contributed by atoms with Crippen LogP contribution in [0.15, 0.2) is 12.1 Å².